The molecule has 4 aromatic rings. The normalized spacial score (nSPS) is 12.6. The van der Waals surface area contributed by atoms with E-state index in [-0.39, 0.29) is 11.8 Å². The molecule has 0 saturated carbocycles. The van der Waals surface area contributed by atoms with Crippen LogP contribution in [-0.2, 0) is 14.5 Å². The topological polar surface area (TPSA) is 117 Å². The van der Waals surface area contributed by atoms with Crippen molar-refractivity contribution in [2.75, 3.05) is 5.32 Å². The lowest BCUT2D eigenvalue weighted by molar-refractivity contribution is -0.111. The summed E-state index contributed by atoms with van der Waals surface area (Å²) in [4.78, 5) is 42.8. The summed E-state index contributed by atoms with van der Waals surface area (Å²) in [5, 5.41) is 2.38. The van der Waals surface area contributed by atoms with E-state index in [4.69, 9.17) is 4.98 Å². The van der Waals surface area contributed by atoms with E-state index in [2.05, 4.69) is 24.1 Å². The minimum Gasteiger partial charge on any atom is -0.324 e. The van der Waals surface area contributed by atoms with Crippen LogP contribution in [0.3, 0.4) is 0 Å². The Labute approximate surface area is 220 Å². The molecule has 37 heavy (non-hydrogen) atoms. The highest BCUT2D eigenvalue weighted by Crippen LogP contribution is 2.60. The van der Waals surface area contributed by atoms with Crippen molar-refractivity contribution in [3.05, 3.63) is 77.1 Å². The Bertz CT molecular complexity index is 1480. The number of thiazole rings is 1. The van der Waals surface area contributed by atoms with Gasteiger partial charge in [0.15, 0.2) is 5.13 Å². The van der Waals surface area contributed by atoms with Gasteiger partial charge in [0.05, 0.1) is 26.8 Å². The molecule has 0 radical (unpaired) electrons. The summed E-state index contributed by atoms with van der Waals surface area (Å²) in [6.07, 6.45) is 5.63. The number of hydrogen-bond acceptors (Lipinski definition) is 5. The van der Waals surface area contributed by atoms with Gasteiger partial charge in [0.2, 0.25) is 5.91 Å². The summed E-state index contributed by atoms with van der Waals surface area (Å²) in [5.41, 5.74) is 3.87. The van der Waals surface area contributed by atoms with Crippen LogP contribution >= 0.6 is 18.9 Å². The first kappa shape index (κ1) is 26.9. The van der Waals surface area contributed by atoms with Gasteiger partial charge in [0.1, 0.15) is 6.33 Å². The minimum atomic E-state index is -4.37. The van der Waals surface area contributed by atoms with Crippen LogP contribution in [0.2, 0.25) is 0 Å². The Balaban J connectivity index is 1.53. The molecule has 0 unspecified atom stereocenters. The maximum absolute atomic E-state index is 12.7. The quantitative estimate of drug-likeness (QED) is 0.167. The maximum atomic E-state index is 12.7. The Morgan fingerprint density at radius 3 is 2.43 bits per heavy atom. The number of nitrogens with one attached hydrogen (secondary N) is 1. The van der Waals surface area contributed by atoms with Gasteiger partial charge in [0.25, 0.3) is 0 Å². The minimum absolute atomic E-state index is 0.168. The van der Waals surface area contributed by atoms with Gasteiger partial charge in [-0.05, 0) is 54.7 Å². The van der Waals surface area contributed by atoms with Crippen molar-refractivity contribution in [2.45, 2.75) is 51.6 Å². The third-order valence-electron chi connectivity index (χ3n) is 6.68. The van der Waals surface area contributed by atoms with Crippen molar-refractivity contribution in [1.29, 1.82) is 0 Å². The van der Waals surface area contributed by atoms with Crippen LogP contribution in [0.5, 0.6) is 0 Å². The number of carbonyl (C=O) groups is 1. The molecule has 2 aromatic carbocycles. The van der Waals surface area contributed by atoms with Crippen LogP contribution < -0.4 is 5.32 Å². The average Bonchev–Trinajstić information content (AvgIpc) is 3.48. The van der Waals surface area contributed by atoms with E-state index in [1.807, 2.05) is 28.8 Å². The molecule has 0 aliphatic carbocycles. The molecule has 0 atom stereocenters. The summed E-state index contributed by atoms with van der Waals surface area (Å²) in [5.74, 6) is -0.140. The molecule has 2 heterocycles. The summed E-state index contributed by atoms with van der Waals surface area (Å²) >= 11 is 1.49. The van der Waals surface area contributed by atoms with Crippen LogP contribution in [0, 0.1) is 0 Å². The molecule has 8 nitrogen and oxygen atoms in total. The molecule has 10 heteroatoms. The van der Waals surface area contributed by atoms with Crippen LogP contribution in [0.1, 0.15) is 62.6 Å². The van der Waals surface area contributed by atoms with Crippen LogP contribution in [-0.4, -0.2) is 30.2 Å². The molecular formula is C27H31N4O4PS. The smallest absolute Gasteiger partial charge is 0.324 e. The molecule has 4 rings (SSSR count). The van der Waals surface area contributed by atoms with E-state index < -0.39 is 12.8 Å². The average molecular weight is 539 g/mol. The number of para-hydroxylation sites is 2. The maximum Gasteiger partial charge on any atom is 0.335 e. The van der Waals surface area contributed by atoms with Gasteiger partial charge in [-0.25, -0.2) is 9.97 Å². The van der Waals surface area contributed by atoms with Crippen molar-refractivity contribution in [2.24, 2.45) is 0 Å². The number of benzene rings is 2. The number of fused-ring (bicyclic) bond motifs is 1. The van der Waals surface area contributed by atoms with Gasteiger partial charge in [-0.15, -0.1) is 0 Å². The molecule has 0 fully saturated rings. The van der Waals surface area contributed by atoms with E-state index in [0.29, 0.717) is 24.1 Å². The molecule has 0 saturated heterocycles. The van der Waals surface area contributed by atoms with Gasteiger partial charge >= 0.3 is 7.60 Å². The molecule has 194 valence electrons. The van der Waals surface area contributed by atoms with Gasteiger partial charge in [0, 0.05) is 11.8 Å². The van der Waals surface area contributed by atoms with E-state index in [1.165, 1.54) is 17.4 Å². The number of nitrogens with zero attached hydrogens (tertiary/aromatic N) is 3. The highest BCUT2D eigenvalue weighted by Gasteiger charge is 2.45. The Kier molecular flexibility index (Phi) is 7.80. The summed E-state index contributed by atoms with van der Waals surface area (Å²) in [7, 11) is -4.37. The summed E-state index contributed by atoms with van der Waals surface area (Å²) in [6.45, 7) is 7.67. The predicted molar refractivity (Wildman–Crippen MR) is 149 cm³/mol. The third-order valence-corrected chi connectivity index (χ3v) is 9.72. The largest absolute Gasteiger partial charge is 0.335 e. The number of hydrogen-bond donors (Lipinski definition) is 3. The second-order valence-corrected chi connectivity index (χ2v) is 12.1. The second-order valence-electron chi connectivity index (χ2n) is 9.19. The van der Waals surface area contributed by atoms with Crippen molar-refractivity contribution in [3.8, 4) is 5.13 Å². The fraction of sp³-hybridized carbons (Fsp3) is 0.296. The lowest BCUT2D eigenvalue weighted by Gasteiger charge is -2.33. The number of aromatic nitrogens is 3. The first-order valence-corrected chi connectivity index (χ1v) is 14.6. The number of imidazole rings is 1. The Morgan fingerprint density at radius 1 is 1.14 bits per heavy atom. The standard InChI is InChI=1S/C27H31N4O4PS/c1-5-27(6-2,36(33,34)35)19-11-13-20(14-12-19)29-24(32)16-15-23-25(18(3)4)30-26(37-23)31-17-28-21-9-7-8-10-22(21)31/h7-18H,5-6H2,1-4H3,(H,29,32)(H2,33,34,35). The van der Waals surface area contributed by atoms with Crippen molar-refractivity contribution >= 4 is 47.6 Å². The molecule has 0 bridgehead atoms. The molecule has 0 aliphatic rings. The van der Waals surface area contributed by atoms with Crippen molar-refractivity contribution in [3.63, 3.8) is 0 Å². The van der Waals surface area contributed by atoms with Gasteiger partial charge in [-0.3, -0.25) is 13.9 Å². The van der Waals surface area contributed by atoms with Gasteiger partial charge in [-0.2, -0.15) is 0 Å². The zero-order valence-corrected chi connectivity index (χ0v) is 23.0. The molecule has 3 N–H and O–H groups in total. The Hall–Kier alpha value is -3.10. The molecule has 0 spiro atoms. The predicted octanol–water partition coefficient (Wildman–Crippen LogP) is 6.45. The Morgan fingerprint density at radius 2 is 1.81 bits per heavy atom. The van der Waals surface area contributed by atoms with Crippen LogP contribution in [0.4, 0.5) is 5.69 Å². The summed E-state index contributed by atoms with van der Waals surface area (Å²) in [6, 6.07) is 14.6. The lowest BCUT2D eigenvalue weighted by atomic mass is 9.92. The van der Waals surface area contributed by atoms with Gasteiger partial charge < -0.3 is 15.1 Å². The first-order chi connectivity index (χ1) is 17.6. The zero-order chi connectivity index (χ0) is 26.8. The zero-order valence-electron chi connectivity index (χ0n) is 21.3. The molecule has 1 amide bonds. The SMILES string of the molecule is CCC(CC)(c1ccc(NC(=O)C=Cc2sc(-n3cnc4ccccc43)nc2C(C)C)cc1)P(=O)(O)O. The van der Waals surface area contributed by atoms with E-state index in [1.54, 1.807) is 50.5 Å². The monoisotopic (exact) mass is 538 g/mol. The fourth-order valence-electron chi connectivity index (χ4n) is 4.52. The van der Waals surface area contributed by atoms with Crippen LogP contribution in [0.25, 0.3) is 22.2 Å². The molecule has 0 aliphatic heterocycles. The van der Waals surface area contributed by atoms with Crippen molar-refractivity contribution in [1.82, 2.24) is 14.5 Å². The van der Waals surface area contributed by atoms with E-state index >= 15 is 0 Å². The fourth-order valence-corrected chi connectivity index (χ4v) is 6.93. The number of carbonyl (C=O) groups excluding carboxylic acids is 1. The van der Waals surface area contributed by atoms with Crippen LogP contribution in [0.15, 0.2) is 60.9 Å². The highest BCUT2D eigenvalue weighted by molar-refractivity contribution is 7.53. The van der Waals surface area contributed by atoms with Gasteiger partial charge in [-0.1, -0.05) is 63.3 Å². The number of amides is 1. The van der Waals surface area contributed by atoms with Crippen molar-refractivity contribution < 1.29 is 19.1 Å². The number of rotatable bonds is 9. The number of anilines is 1. The van der Waals surface area contributed by atoms with E-state index in [0.717, 1.165) is 26.7 Å². The molecular weight excluding hydrogens is 507 g/mol. The second kappa shape index (κ2) is 10.7. The first-order valence-electron chi connectivity index (χ1n) is 12.2. The summed E-state index contributed by atoms with van der Waals surface area (Å²) < 4.78 is 14.2. The lowest BCUT2D eigenvalue weighted by Crippen LogP contribution is -2.24. The third kappa shape index (κ3) is 5.31. The molecule has 2 aromatic heterocycles. The van der Waals surface area contributed by atoms with E-state index in [9.17, 15) is 19.1 Å². The highest BCUT2D eigenvalue weighted by atomic mass is 32.1.